The van der Waals surface area contributed by atoms with Gasteiger partial charge in [0.15, 0.2) is 10.9 Å². The number of ketones is 1. The number of carbonyl (C=O) groups excluding carboxylic acids is 2. The van der Waals surface area contributed by atoms with Crippen LogP contribution in [0.2, 0.25) is 5.02 Å². The maximum Gasteiger partial charge on any atom is 0.301 e. The van der Waals surface area contributed by atoms with Gasteiger partial charge in [-0.05, 0) is 66.9 Å². The van der Waals surface area contributed by atoms with E-state index in [9.17, 15) is 14.7 Å². The minimum Gasteiger partial charge on any atom is -0.505 e. The molecule has 7 rings (SSSR count). The van der Waals surface area contributed by atoms with Gasteiger partial charge in [0.1, 0.15) is 23.7 Å². The number of fused-ring (bicyclic) bond motifs is 2. The van der Waals surface area contributed by atoms with Crippen LogP contribution >= 0.6 is 22.9 Å². The Morgan fingerprint density at radius 1 is 0.977 bits per heavy atom. The van der Waals surface area contributed by atoms with Crippen molar-refractivity contribution >= 4 is 61.4 Å². The third-order valence-electron chi connectivity index (χ3n) is 7.74. The number of amides is 1. The normalized spacial score (nSPS) is 16.3. The topological polar surface area (TPSA) is 97.0 Å². The first-order valence-electron chi connectivity index (χ1n) is 13.9. The summed E-state index contributed by atoms with van der Waals surface area (Å²) in [4.78, 5) is 38.2. The summed E-state index contributed by atoms with van der Waals surface area (Å²) < 4.78 is 8.60. The van der Waals surface area contributed by atoms with Crippen LogP contribution in [0.5, 0.6) is 5.75 Å². The predicted molar refractivity (Wildman–Crippen MR) is 171 cm³/mol. The molecule has 1 N–H and O–H groups in total. The molecule has 0 spiro atoms. The number of aryl methyl sites for hydroxylation is 2. The van der Waals surface area contributed by atoms with E-state index < -0.39 is 17.7 Å². The number of hydrogen-bond acceptors (Lipinski definition) is 7. The van der Waals surface area contributed by atoms with Crippen molar-refractivity contribution in [1.82, 2.24) is 14.4 Å². The standard InChI is InChI=1S/C34H25ClN4O4S/c1-19-7-6-16-38-20(2)28(37-32(19)38)30(40)27-29(22-10-13-24(14-11-22)43-18-21-8-4-3-5-9-21)39(33(42)31(27)41)34-36-25-15-12-23(35)17-26(25)44-34/h3-17,29,40H,18H2,1-2H3/b30-27+. The average molecular weight is 621 g/mol. The quantitative estimate of drug-likeness (QED) is 0.118. The number of hydrogen-bond donors (Lipinski definition) is 1. The Labute approximate surface area is 261 Å². The number of rotatable bonds is 6. The summed E-state index contributed by atoms with van der Waals surface area (Å²) in [7, 11) is 0. The fourth-order valence-corrected chi connectivity index (χ4v) is 6.76. The van der Waals surface area contributed by atoms with E-state index in [2.05, 4.69) is 9.97 Å². The van der Waals surface area contributed by atoms with Crippen molar-refractivity contribution in [2.45, 2.75) is 26.5 Å². The first kappa shape index (κ1) is 27.8. The summed E-state index contributed by atoms with van der Waals surface area (Å²) in [6.45, 7) is 4.13. The summed E-state index contributed by atoms with van der Waals surface area (Å²) >= 11 is 7.47. The SMILES string of the molecule is Cc1cccn2c(C)c(/C(O)=C3\C(=O)C(=O)N(c4nc5ccc(Cl)cc5s4)C3c3ccc(OCc4ccccc4)cc3)nc12. The summed E-state index contributed by atoms with van der Waals surface area (Å²) in [5.74, 6) is -1.33. The largest absolute Gasteiger partial charge is 0.505 e. The fourth-order valence-electron chi connectivity index (χ4n) is 5.50. The highest BCUT2D eigenvalue weighted by molar-refractivity contribution is 7.22. The van der Waals surface area contributed by atoms with Crippen molar-refractivity contribution in [3.05, 3.63) is 130 Å². The zero-order valence-corrected chi connectivity index (χ0v) is 25.3. The number of ether oxygens (including phenoxy) is 1. The summed E-state index contributed by atoms with van der Waals surface area (Å²) in [5, 5.41) is 12.6. The van der Waals surface area contributed by atoms with Crippen molar-refractivity contribution in [3.8, 4) is 5.75 Å². The van der Waals surface area contributed by atoms with Crippen LogP contribution in [-0.4, -0.2) is 31.2 Å². The Morgan fingerprint density at radius 2 is 1.75 bits per heavy atom. The Hall–Kier alpha value is -4.99. The van der Waals surface area contributed by atoms with Crippen LogP contribution in [0.15, 0.2) is 96.7 Å². The van der Waals surface area contributed by atoms with Gasteiger partial charge in [-0.1, -0.05) is 71.5 Å². The molecule has 1 saturated heterocycles. The van der Waals surface area contributed by atoms with Gasteiger partial charge in [-0.2, -0.15) is 0 Å². The number of halogens is 1. The number of imidazole rings is 1. The summed E-state index contributed by atoms with van der Waals surface area (Å²) in [6.07, 6.45) is 1.85. The van der Waals surface area contributed by atoms with Gasteiger partial charge < -0.3 is 14.2 Å². The molecule has 0 saturated carbocycles. The molecule has 0 bridgehead atoms. The van der Waals surface area contributed by atoms with Gasteiger partial charge in [-0.3, -0.25) is 14.5 Å². The smallest absolute Gasteiger partial charge is 0.301 e. The van der Waals surface area contributed by atoms with Gasteiger partial charge in [0.05, 0.1) is 27.5 Å². The molecular formula is C34H25ClN4O4S. The van der Waals surface area contributed by atoms with Crippen molar-refractivity contribution in [2.24, 2.45) is 0 Å². The average Bonchev–Trinajstić information content (AvgIpc) is 3.68. The van der Waals surface area contributed by atoms with Crippen LogP contribution in [0.1, 0.15) is 34.1 Å². The number of carbonyl (C=O) groups is 2. The second-order valence-corrected chi connectivity index (χ2v) is 12.0. The van der Waals surface area contributed by atoms with E-state index in [-0.39, 0.29) is 17.0 Å². The molecular weight excluding hydrogens is 596 g/mol. The zero-order chi connectivity index (χ0) is 30.5. The van der Waals surface area contributed by atoms with E-state index in [0.29, 0.717) is 44.9 Å². The van der Waals surface area contributed by atoms with Crippen LogP contribution in [0.4, 0.5) is 5.13 Å². The number of anilines is 1. The molecule has 3 aromatic carbocycles. The maximum atomic E-state index is 13.8. The number of benzene rings is 3. The number of aliphatic hydroxyl groups is 1. The molecule has 0 aliphatic carbocycles. The van der Waals surface area contributed by atoms with Crippen molar-refractivity contribution in [2.75, 3.05) is 4.90 Å². The van der Waals surface area contributed by atoms with E-state index in [1.165, 1.54) is 16.2 Å². The van der Waals surface area contributed by atoms with Gasteiger partial charge in [0.25, 0.3) is 5.78 Å². The second-order valence-electron chi connectivity index (χ2n) is 10.6. The molecule has 8 nitrogen and oxygen atoms in total. The van der Waals surface area contributed by atoms with Gasteiger partial charge in [0.2, 0.25) is 0 Å². The first-order chi connectivity index (χ1) is 21.3. The Bertz CT molecular complexity index is 2120. The highest BCUT2D eigenvalue weighted by Crippen LogP contribution is 2.45. The predicted octanol–water partition coefficient (Wildman–Crippen LogP) is 7.42. The van der Waals surface area contributed by atoms with Crippen LogP contribution < -0.4 is 9.64 Å². The molecule has 4 heterocycles. The van der Waals surface area contributed by atoms with Crippen molar-refractivity contribution < 1.29 is 19.4 Å². The first-order valence-corrected chi connectivity index (χ1v) is 15.1. The second kappa shape index (κ2) is 10.9. The number of aromatic nitrogens is 3. The number of aliphatic hydroxyl groups excluding tert-OH is 1. The minimum absolute atomic E-state index is 0.0607. The number of pyridine rings is 1. The molecule has 6 aromatic rings. The van der Waals surface area contributed by atoms with E-state index >= 15 is 0 Å². The number of thiazole rings is 1. The molecule has 1 aliphatic heterocycles. The molecule has 0 radical (unpaired) electrons. The Kier molecular flexibility index (Phi) is 6.91. The Balaban J connectivity index is 1.35. The zero-order valence-electron chi connectivity index (χ0n) is 23.7. The molecule has 1 aliphatic rings. The molecule has 1 fully saturated rings. The molecule has 1 atom stereocenters. The van der Waals surface area contributed by atoms with E-state index in [1.807, 2.05) is 66.9 Å². The van der Waals surface area contributed by atoms with E-state index in [0.717, 1.165) is 15.8 Å². The van der Waals surface area contributed by atoms with Gasteiger partial charge in [0, 0.05) is 11.2 Å². The van der Waals surface area contributed by atoms with E-state index in [1.54, 1.807) is 42.5 Å². The molecule has 1 amide bonds. The third-order valence-corrected chi connectivity index (χ3v) is 8.99. The van der Waals surface area contributed by atoms with Crippen LogP contribution in [-0.2, 0) is 16.2 Å². The molecule has 1 unspecified atom stereocenters. The fraction of sp³-hybridized carbons (Fsp3) is 0.118. The number of nitrogens with zero attached hydrogens (tertiary/aromatic N) is 4. The molecule has 3 aromatic heterocycles. The van der Waals surface area contributed by atoms with Crippen molar-refractivity contribution in [3.63, 3.8) is 0 Å². The molecule has 218 valence electrons. The van der Waals surface area contributed by atoms with Gasteiger partial charge in [-0.15, -0.1) is 0 Å². The third kappa shape index (κ3) is 4.70. The van der Waals surface area contributed by atoms with Gasteiger partial charge in [-0.25, -0.2) is 9.97 Å². The van der Waals surface area contributed by atoms with Gasteiger partial charge >= 0.3 is 5.91 Å². The highest BCUT2D eigenvalue weighted by atomic mass is 35.5. The lowest BCUT2D eigenvalue weighted by molar-refractivity contribution is -0.132. The van der Waals surface area contributed by atoms with Crippen molar-refractivity contribution in [1.29, 1.82) is 0 Å². The Morgan fingerprint density at radius 3 is 2.50 bits per heavy atom. The lowest BCUT2D eigenvalue weighted by atomic mass is 9.96. The monoisotopic (exact) mass is 620 g/mol. The summed E-state index contributed by atoms with van der Waals surface area (Å²) in [5.41, 5.74) is 4.66. The molecule has 10 heteroatoms. The van der Waals surface area contributed by atoms with E-state index in [4.69, 9.17) is 16.3 Å². The lowest BCUT2D eigenvalue weighted by Crippen LogP contribution is -2.29. The molecule has 44 heavy (non-hydrogen) atoms. The lowest BCUT2D eigenvalue weighted by Gasteiger charge is -2.23. The minimum atomic E-state index is -0.959. The van der Waals surface area contributed by atoms with Crippen LogP contribution in [0.3, 0.4) is 0 Å². The summed E-state index contributed by atoms with van der Waals surface area (Å²) in [6, 6.07) is 25.1. The van der Waals surface area contributed by atoms with Crippen LogP contribution in [0, 0.1) is 13.8 Å². The van der Waals surface area contributed by atoms with Crippen LogP contribution in [0.25, 0.3) is 21.6 Å². The number of Topliss-reactive ketones (excluding diaryl/α,β-unsaturated/α-hetero) is 1. The maximum absolute atomic E-state index is 13.8. The highest BCUT2D eigenvalue weighted by Gasteiger charge is 2.48.